The van der Waals surface area contributed by atoms with Gasteiger partial charge in [-0.25, -0.2) is 0 Å². The van der Waals surface area contributed by atoms with Gasteiger partial charge in [0.1, 0.15) is 46.0 Å². The van der Waals surface area contributed by atoms with Crippen molar-refractivity contribution >= 4 is 0 Å². The van der Waals surface area contributed by atoms with E-state index in [1.54, 1.807) is 72.8 Å². The van der Waals surface area contributed by atoms with Gasteiger partial charge in [-0.2, -0.15) is 0 Å². The van der Waals surface area contributed by atoms with Gasteiger partial charge in [0.05, 0.1) is 0 Å². The van der Waals surface area contributed by atoms with E-state index in [0.29, 0.717) is 55.4 Å². The third-order valence-electron chi connectivity index (χ3n) is 8.50. The van der Waals surface area contributed by atoms with Gasteiger partial charge >= 0.3 is 0 Å². The van der Waals surface area contributed by atoms with Crippen LogP contribution in [0.1, 0.15) is 33.4 Å². The second kappa shape index (κ2) is 15.5. The molecule has 0 aliphatic rings. The van der Waals surface area contributed by atoms with E-state index in [4.69, 9.17) is 9.47 Å². The molecule has 0 saturated heterocycles. The number of phenolic OH excluding ortho intramolecular Hbond substituents is 8. The number of aromatic hydroxyl groups is 8. The fourth-order valence-electron chi connectivity index (χ4n) is 5.99. The molecule has 0 fully saturated rings. The van der Waals surface area contributed by atoms with E-state index in [9.17, 15) is 40.9 Å². The summed E-state index contributed by atoms with van der Waals surface area (Å²) in [5.74, 6) is 0.444. The summed E-state index contributed by atoms with van der Waals surface area (Å²) in [5, 5.41) is 81.7. The molecule has 0 radical (unpaired) electrons. The lowest BCUT2D eigenvalue weighted by Crippen LogP contribution is -1.96. The molecule has 0 unspecified atom stereocenters. The topological polar surface area (TPSA) is 180 Å². The van der Waals surface area contributed by atoms with Crippen LogP contribution in [-0.2, 0) is 38.5 Å². The number of hydrogen-bond acceptors (Lipinski definition) is 10. The van der Waals surface area contributed by atoms with Gasteiger partial charge in [-0.15, -0.1) is 0 Å². The fourth-order valence-corrected chi connectivity index (χ4v) is 5.99. The van der Waals surface area contributed by atoms with Crippen molar-refractivity contribution in [3.8, 4) is 69.0 Å². The first kappa shape index (κ1) is 35.2. The molecule has 0 saturated carbocycles. The summed E-state index contributed by atoms with van der Waals surface area (Å²) in [7, 11) is 0. The lowest BCUT2D eigenvalue weighted by Gasteiger charge is -2.14. The summed E-state index contributed by atoms with van der Waals surface area (Å²) < 4.78 is 12.0. The Bertz CT molecular complexity index is 2190. The molecule has 0 aromatic heterocycles. The van der Waals surface area contributed by atoms with Crippen molar-refractivity contribution in [1.82, 2.24) is 0 Å². The highest BCUT2D eigenvalue weighted by atomic mass is 16.5. The Morgan fingerprint density at radius 1 is 0.327 bits per heavy atom. The zero-order valence-electron chi connectivity index (χ0n) is 28.0. The van der Waals surface area contributed by atoms with Gasteiger partial charge in [0.25, 0.3) is 0 Å². The Balaban J connectivity index is 1.11. The van der Waals surface area contributed by atoms with Gasteiger partial charge in [-0.1, -0.05) is 18.2 Å². The number of benzene rings is 6. The number of rotatable bonds is 13. The fraction of sp³-hybridized carbons (Fsp3) is 0.143. The van der Waals surface area contributed by atoms with Crippen molar-refractivity contribution in [2.75, 3.05) is 0 Å². The van der Waals surface area contributed by atoms with Gasteiger partial charge in [0, 0.05) is 24.3 Å². The van der Waals surface area contributed by atoms with Crippen molar-refractivity contribution in [2.24, 2.45) is 0 Å². The zero-order valence-corrected chi connectivity index (χ0v) is 28.0. The van der Waals surface area contributed by atoms with Crippen LogP contribution in [0.15, 0.2) is 109 Å². The molecule has 8 N–H and O–H groups in total. The molecule has 10 heteroatoms. The Morgan fingerprint density at radius 3 is 1.40 bits per heavy atom. The van der Waals surface area contributed by atoms with E-state index < -0.39 is 0 Å². The van der Waals surface area contributed by atoms with Gasteiger partial charge in [0.15, 0.2) is 23.0 Å². The first-order valence-corrected chi connectivity index (χ1v) is 16.6. The van der Waals surface area contributed by atoms with Gasteiger partial charge < -0.3 is 50.3 Å². The average molecular weight is 703 g/mol. The van der Waals surface area contributed by atoms with E-state index >= 15 is 0 Å². The molecule has 6 rings (SSSR count). The molecule has 0 atom stereocenters. The van der Waals surface area contributed by atoms with Crippen LogP contribution in [-0.4, -0.2) is 40.9 Å². The molecule has 0 bridgehead atoms. The monoisotopic (exact) mass is 702 g/mol. The van der Waals surface area contributed by atoms with Crippen molar-refractivity contribution in [3.05, 3.63) is 143 Å². The largest absolute Gasteiger partial charge is 0.508 e. The summed E-state index contributed by atoms with van der Waals surface area (Å²) in [5.41, 5.74) is 4.46. The van der Waals surface area contributed by atoms with Crippen LogP contribution < -0.4 is 9.47 Å². The predicted molar refractivity (Wildman–Crippen MR) is 194 cm³/mol. The van der Waals surface area contributed by atoms with Gasteiger partial charge in [-0.3, -0.25) is 0 Å². The summed E-state index contributed by atoms with van der Waals surface area (Å²) in [6.07, 6.45) is 2.92. The molecular formula is C42H38O10. The molecule has 266 valence electrons. The highest BCUT2D eigenvalue weighted by molar-refractivity contribution is 5.52. The van der Waals surface area contributed by atoms with Crippen molar-refractivity contribution in [3.63, 3.8) is 0 Å². The maximum Gasteiger partial charge on any atom is 0.169 e. The van der Waals surface area contributed by atoms with E-state index in [-0.39, 0.29) is 63.2 Å². The SMILES string of the molecule is Oc1cc(O)cc(CCc2ccc(O)c(Oc3cc(O)cc(CCc4cc(O)cc(Oc5cc(CCc6cccc(O)c6)c(O)cc5O)c4)c3)c2)c1. The zero-order chi connectivity index (χ0) is 36.8. The predicted octanol–water partition coefficient (Wildman–Crippen LogP) is 8.27. The highest BCUT2D eigenvalue weighted by Crippen LogP contribution is 2.39. The van der Waals surface area contributed by atoms with Crippen LogP contribution >= 0.6 is 0 Å². The van der Waals surface area contributed by atoms with Crippen LogP contribution in [0.5, 0.6) is 69.0 Å². The Labute approximate surface area is 299 Å². The summed E-state index contributed by atoms with van der Waals surface area (Å²) in [6.45, 7) is 0. The molecule has 0 amide bonds. The molecule has 52 heavy (non-hydrogen) atoms. The lowest BCUT2D eigenvalue weighted by atomic mass is 10.0. The minimum atomic E-state index is -0.274. The van der Waals surface area contributed by atoms with Crippen molar-refractivity contribution in [1.29, 1.82) is 0 Å². The van der Waals surface area contributed by atoms with Gasteiger partial charge in [0.2, 0.25) is 0 Å². The minimum absolute atomic E-state index is 0.0236. The van der Waals surface area contributed by atoms with Crippen molar-refractivity contribution < 1.29 is 50.3 Å². The molecule has 6 aromatic carbocycles. The van der Waals surface area contributed by atoms with Gasteiger partial charge in [-0.05, 0) is 139 Å². The standard InChI is InChI=1S/C42H38O10/c43-31-3-1-2-25(12-31)8-10-30-20-42(40(50)24-39(30)49)52-37-18-29(16-35(47)23-37)7-6-28-15-34(46)22-36(17-28)51-41-19-26(9-11-38(41)48)4-5-27-13-32(44)21-33(45)14-27/h1-3,9,11-24,43-50H,4-8,10H2. The number of hydrogen-bond donors (Lipinski definition) is 8. The number of phenols is 8. The smallest absolute Gasteiger partial charge is 0.169 e. The molecule has 0 aliphatic heterocycles. The molecule has 0 spiro atoms. The van der Waals surface area contributed by atoms with Crippen LogP contribution in [0, 0.1) is 0 Å². The molecule has 10 nitrogen and oxygen atoms in total. The quantitative estimate of drug-likeness (QED) is 0.0584. The third-order valence-corrected chi connectivity index (χ3v) is 8.50. The first-order chi connectivity index (χ1) is 24.9. The van der Waals surface area contributed by atoms with E-state index in [0.717, 1.165) is 22.3 Å². The minimum Gasteiger partial charge on any atom is -0.508 e. The maximum atomic E-state index is 10.5. The number of aryl methyl sites for hydroxylation is 6. The Kier molecular flexibility index (Phi) is 10.5. The summed E-state index contributed by atoms with van der Waals surface area (Å²) in [6, 6.07) is 28.5. The second-order valence-electron chi connectivity index (χ2n) is 12.7. The lowest BCUT2D eigenvalue weighted by molar-refractivity contribution is 0.398. The van der Waals surface area contributed by atoms with Crippen LogP contribution in [0.2, 0.25) is 0 Å². The molecular weight excluding hydrogens is 664 g/mol. The molecule has 0 heterocycles. The summed E-state index contributed by atoms with van der Waals surface area (Å²) >= 11 is 0. The normalized spacial score (nSPS) is 11.0. The van der Waals surface area contributed by atoms with Crippen molar-refractivity contribution in [2.45, 2.75) is 38.5 Å². The average Bonchev–Trinajstić information content (AvgIpc) is 3.07. The highest BCUT2D eigenvalue weighted by Gasteiger charge is 2.14. The van der Waals surface area contributed by atoms with E-state index in [2.05, 4.69) is 0 Å². The third kappa shape index (κ3) is 9.30. The van der Waals surface area contributed by atoms with Crippen LogP contribution in [0.4, 0.5) is 0 Å². The maximum absolute atomic E-state index is 10.5. The Morgan fingerprint density at radius 2 is 0.808 bits per heavy atom. The van der Waals surface area contributed by atoms with Crippen LogP contribution in [0.3, 0.4) is 0 Å². The Hall–Kier alpha value is -6.68. The van der Waals surface area contributed by atoms with Crippen LogP contribution in [0.25, 0.3) is 0 Å². The number of ether oxygens (including phenoxy) is 2. The van der Waals surface area contributed by atoms with E-state index in [1.807, 2.05) is 6.07 Å². The molecule has 6 aromatic rings. The molecule has 0 aliphatic carbocycles. The summed E-state index contributed by atoms with van der Waals surface area (Å²) in [4.78, 5) is 0. The first-order valence-electron chi connectivity index (χ1n) is 16.6. The second-order valence-corrected chi connectivity index (χ2v) is 12.7. The van der Waals surface area contributed by atoms with E-state index in [1.165, 1.54) is 30.3 Å².